The third kappa shape index (κ3) is 3.48. The third-order valence-electron chi connectivity index (χ3n) is 2.63. The van der Waals surface area contributed by atoms with Crippen molar-refractivity contribution in [2.75, 3.05) is 0 Å². The molecule has 2 rings (SSSR count). The smallest absolute Gasteiger partial charge is 0.405 e. The molecule has 3 nitrogen and oxygen atoms in total. The number of aromatic nitrogens is 1. The van der Waals surface area contributed by atoms with Crippen LogP contribution in [0.4, 0.5) is 13.2 Å². The van der Waals surface area contributed by atoms with E-state index < -0.39 is 18.2 Å². The summed E-state index contributed by atoms with van der Waals surface area (Å²) in [6, 6.07) is 10.4. The van der Waals surface area contributed by atoms with Crippen molar-refractivity contribution in [3.8, 4) is 5.75 Å². The topological polar surface area (TPSA) is 42.4 Å². The minimum Gasteiger partial charge on any atom is -0.405 e. The molecule has 0 spiro atoms. The number of aryl methyl sites for hydroxylation is 1. The number of aliphatic hydroxyl groups excluding tert-OH is 1. The maximum absolute atomic E-state index is 12.3. The summed E-state index contributed by atoms with van der Waals surface area (Å²) in [4.78, 5) is 4.10. The zero-order chi connectivity index (χ0) is 14.8. The van der Waals surface area contributed by atoms with Gasteiger partial charge >= 0.3 is 6.36 Å². The van der Waals surface area contributed by atoms with Crippen molar-refractivity contribution in [3.05, 3.63) is 59.4 Å². The molecule has 0 bridgehead atoms. The van der Waals surface area contributed by atoms with Gasteiger partial charge < -0.3 is 9.84 Å². The lowest BCUT2D eigenvalue weighted by Gasteiger charge is -2.17. The molecule has 6 heteroatoms. The van der Waals surface area contributed by atoms with Crippen LogP contribution in [0.25, 0.3) is 0 Å². The minimum atomic E-state index is -4.81. The van der Waals surface area contributed by atoms with Crippen LogP contribution in [0.3, 0.4) is 0 Å². The van der Waals surface area contributed by atoms with E-state index in [1.165, 1.54) is 18.2 Å². The first-order valence-electron chi connectivity index (χ1n) is 5.83. The van der Waals surface area contributed by atoms with Crippen molar-refractivity contribution in [1.29, 1.82) is 0 Å². The van der Waals surface area contributed by atoms with Crippen LogP contribution in [-0.4, -0.2) is 16.5 Å². The number of ether oxygens (including phenoxy) is 1. The predicted molar refractivity (Wildman–Crippen MR) is 66.2 cm³/mol. The van der Waals surface area contributed by atoms with Gasteiger partial charge in [-0.1, -0.05) is 24.3 Å². The number of hydrogen-bond donors (Lipinski definition) is 1. The van der Waals surface area contributed by atoms with Gasteiger partial charge in [0.25, 0.3) is 0 Å². The molecule has 1 atom stereocenters. The quantitative estimate of drug-likeness (QED) is 0.939. The van der Waals surface area contributed by atoms with E-state index in [2.05, 4.69) is 9.72 Å². The molecule has 2 aromatic rings. The molecular weight excluding hydrogens is 271 g/mol. The first-order valence-corrected chi connectivity index (χ1v) is 5.83. The summed E-state index contributed by atoms with van der Waals surface area (Å²) >= 11 is 0. The van der Waals surface area contributed by atoms with E-state index in [-0.39, 0.29) is 11.3 Å². The van der Waals surface area contributed by atoms with Crippen molar-refractivity contribution in [2.45, 2.75) is 19.4 Å². The molecule has 0 aliphatic carbocycles. The summed E-state index contributed by atoms with van der Waals surface area (Å²) in [6.45, 7) is 1.73. The van der Waals surface area contributed by atoms with Crippen LogP contribution in [-0.2, 0) is 0 Å². The molecule has 1 aromatic heterocycles. The normalized spacial score (nSPS) is 13.1. The molecule has 1 heterocycles. The lowest BCUT2D eigenvalue weighted by atomic mass is 10.0. The number of rotatable bonds is 3. The van der Waals surface area contributed by atoms with Crippen LogP contribution in [0.1, 0.15) is 23.1 Å². The zero-order valence-electron chi connectivity index (χ0n) is 10.6. The van der Waals surface area contributed by atoms with Crippen LogP contribution < -0.4 is 4.74 Å². The summed E-state index contributed by atoms with van der Waals surface area (Å²) in [6.07, 6.45) is -6.09. The van der Waals surface area contributed by atoms with Crippen molar-refractivity contribution >= 4 is 0 Å². The highest BCUT2D eigenvalue weighted by Gasteiger charge is 2.33. The zero-order valence-corrected chi connectivity index (χ0v) is 10.6. The molecule has 0 aliphatic heterocycles. The Bertz CT molecular complexity index is 599. The standard InChI is InChI=1S/C14H12F3NO2/c1-9-5-4-7-11(18-9)13(19)10-6-2-3-8-12(10)20-14(15,16)17/h2-8,13,19H,1H3. The number of halogens is 3. The molecule has 0 amide bonds. The van der Waals surface area contributed by atoms with Gasteiger partial charge in [-0.3, -0.25) is 4.98 Å². The van der Waals surface area contributed by atoms with Crippen molar-refractivity contribution in [1.82, 2.24) is 4.98 Å². The molecule has 0 saturated heterocycles. The van der Waals surface area contributed by atoms with Gasteiger partial charge in [-0.05, 0) is 25.1 Å². The fourth-order valence-corrected chi connectivity index (χ4v) is 1.80. The van der Waals surface area contributed by atoms with Crippen LogP contribution in [0.5, 0.6) is 5.75 Å². The predicted octanol–water partition coefficient (Wildman–Crippen LogP) is 3.37. The Morgan fingerprint density at radius 1 is 1.10 bits per heavy atom. The molecule has 0 fully saturated rings. The third-order valence-corrected chi connectivity index (χ3v) is 2.63. The van der Waals surface area contributed by atoms with E-state index in [1.807, 2.05) is 0 Å². The van der Waals surface area contributed by atoms with E-state index in [9.17, 15) is 18.3 Å². The molecule has 0 saturated carbocycles. The monoisotopic (exact) mass is 283 g/mol. The van der Waals surface area contributed by atoms with Crippen LogP contribution in [0.15, 0.2) is 42.5 Å². The second-order valence-electron chi connectivity index (χ2n) is 4.19. The fraction of sp³-hybridized carbons (Fsp3) is 0.214. The van der Waals surface area contributed by atoms with Gasteiger partial charge in [0.15, 0.2) is 0 Å². The Labute approximate surface area is 113 Å². The SMILES string of the molecule is Cc1cccc(C(O)c2ccccc2OC(F)(F)F)n1. The Morgan fingerprint density at radius 2 is 1.80 bits per heavy atom. The second-order valence-corrected chi connectivity index (χ2v) is 4.19. The summed E-state index contributed by atoms with van der Waals surface area (Å²) in [7, 11) is 0. The maximum Gasteiger partial charge on any atom is 0.573 e. The number of pyridine rings is 1. The molecule has 20 heavy (non-hydrogen) atoms. The number of para-hydroxylation sites is 1. The Hall–Kier alpha value is -2.08. The minimum absolute atomic E-state index is 0.0166. The molecule has 0 radical (unpaired) electrons. The summed E-state index contributed by atoms with van der Waals surface area (Å²) < 4.78 is 40.9. The van der Waals surface area contributed by atoms with E-state index in [0.29, 0.717) is 5.69 Å². The molecule has 1 unspecified atom stereocenters. The van der Waals surface area contributed by atoms with E-state index in [4.69, 9.17) is 0 Å². The van der Waals surface area contributed by atoms with Gasteiger partial charge in [0.05, 0.1) is 5.69 Å². The van der Waals surface area contributed by atoms with Crippen LogP contribution >= 0.6 is 0 Å². The van der Waals surface area contributed by atoms with Crippen molar-refractivity contribution in [3.63, 3.8) is 0 Å². The Balaban J connectivity index is 2.37. The molecule has 0 aliphatic rings. The summed E-state index contributed by atoms with van der Waals surface area (Å²) in [5.41, 5.74) is 0.946. The van der Waals surface area contributed by atoms with Crippen LogP contribution in [0.2, 0.25) is 0 Å². The largest absolute Gasteiger partial charge is 0.573 e. The van der Waals surface area contributed by atoms with Crippen LogP contribution in [0, 0.1) is 6.92 Å². The van der Waals surface area contributed by atoms with Crippen molar-refractivity contribution < 1.29 is 23.0 Å². The molecule has 1 N–H and O–H groups in total. The fourth-order valence-electron chi connectivity index (χ4n) is 1.80. The summed E-state index contributed by atoms with van der Waals surface area (Å²) in [5, 5.41) is 10.2. The lowest BCUT2D eigenvalue weighted by molar-refractivity contribution is -0.275. The average molecular weight is 283 g/mol. The molecule has 1 aromatic carbocycles. The summed E-state index contributed by atoms with van der Waals surface area (Å²) in [5.74, 6) is -0.434. The van der Waals surface area contributed by atoms with Gasteiger partial charge in [-0.2, -0.15) is 0 Å². The Kier molecular flexibility index (Phi) is 3.94. The van der Waals surface area contributed by atoms with E-state index in [1.54, 1.807) is 25.1 Å². The first-order chi connectivity index (χ1) is 9.37. The lowest BCUT2D eigenvalue weighted by Crippen LogP contribution is -2.19. The second kappa shape index (κ2) is 5.50. The highest BCUT2D eigenvalue weighted by molar-refractivity contribution is 5.39. The highest BCUT2D eigenvalue weighted by atomic mass is 19.4. The number of nitrogens with zero attached hydrogens (tertiary/aromatic N) is 1. The average Bonchev–Trinajstić information content (AvgIpc) is 2.37. The Morgan fingerprint density at radius 3 is 2.45 bits per heavy atom. The molecular formula is C14H12F3NO2. The maximum atomic E-state index is 12.3. The van der Waals surface area contributed by atoms with Gasteiger partial charge in [-0.25, -0.2) is 0 Å². The number of aliphatic hydroxyl groups is 1. The van der Waals surface area contributed by atoms with Crippen molar-refractivity contribution in [2.24, 2.45) is 0 Å². The van der Waals surface area contributed by atoms with Gasteiger partial charge in [0.2, 0.25) is 0 Å². The van der Waals surface area contributed by atoms with Gasteiger partial charge in [0, 0.05) is 11.3 Å². The molecule has 106 valence electrons. The number of alkyl halides is 3. The first kappa shape index (κ1) is 14.3. The van der Waals surface area contributed by atoms with E-state index in [0.717, 1.165) is 6.07 Å². The number of hydrogen-bond acceptors (Lipinski definition) is 3. The van der Waals surface area contributed by atoms with Gasteiger partial charge in [0.1, 0.15) is 11.9 Å². The van der Waals surface area contributed by atoms with E-state index >= 15 is 0 Å². The highest BCUT2D eigenvalue weighted by Crippen LogP contribution is 2.32. The van der Waals surface area contributed by atoms with Gasteiger partial charge in [-0.15, -0.1) is 13.2 Å². The number of benzene rings is 1.